The van der Waals surface area contributed by atoms with E-state index in [0.717, 1.165) is 17.1 Å². The van der Waals surface area contributed by atoms with E-state index < -0.39 is 0 Å². The van der Waals surface area contributed by atoms with E-state index in [2.05, 4.69) is 27.9 Å². The second-order valence-corrected chi connectivity index (χ2v) is 4.66. The molecule has 1 heterocycles. The molecule has 2 rings (SSSR count). The van der Waals surface area contributed by atoms with E-state index >= 15 is 0 Å². The number of aromatic nitrogens is 1. The third-order valence-electron chi connectivity index (χ3n) is 2.45. The topological polar surface area (TPSA) is 50.9 Å². The molecule has 4 heteroatoms. The molecule has 0 saturated carbocycles. The fourth-order valence-electron chi connectivity index (χ4n) is 1.63. The minimum Gasteiger partial charge on any atom is -0.271 e. The van der Waals surface area contributed by atoms with Gasteiger partial charge in [-0.1, -0.05) is 30.3 Å². The zero-order chi connectivity index (χ0) is 11.4. The molecule has 3 N–H and O–H groups in total. The van der Waals surface area contributed by atoms with E-state index in [1.54, 1.807) is 11.3 Å². The monoisotopic (exact) mass is 233 g/mol. The number of benzene rings is 1. The van der Waals surface area contributed by atoms with E-state index in [-0.39, 0.29) is 6.04 Å². The molecule has 0 bridgehead atoms. The molecule has 1 unspecified atom stereocenters. The van der Waals surface area contributed by atoms with Crippen LogP contribution in [0.1, 0.15) is 22.3 Å². The molecule has 84 valence electrons. The van der Waals surface area contributed by atoms with Crippen LogP contribution in [0.4, 0.5) is 0 Å². The van der Waals surface area contributed by atoms with Crippen molar-refractivity contribution in [2.75, 3.05) is 0 Å². The maximum absolute atomic E-state index is 5.59. The predicted octanol–water partition coefficient (Wildman–Crippen LogP) is 2.20. The third kappa shape index (κ3) is 2.66. The van der Waals surface area contributed by atoms with E-state index in [9.17, 15) is 0 Å². The molecule has 1 aromatic carbocycles. The third-order valence-corrected chi connectivity index (χ3v) is 3.44. The van der Waals surface area contributed by atoms with Crippen LogP contribution in [0.3, 0.4) is 0 Å². The van der Waals surface area contributed by atoms with Gasteiger partial charge in [-0.3, -0.25) is 11.3 Å². The van der Waals surface area contributed by atoms with Gasteiger partial charge in [-0.25, -0.2) is 4.98 Å². The van der Waals surface area contributed by atoms with E-state index in [1.165, 1.54) is 5.56 Å². The first-order valence-corrected chi connectivity index (χ1v) is 6.09. The maximum atomic E-state index is 5.59. The minimum absolute atomic E-state index is 0.131. The van der Waals surface area contributed by atoms with Gasteiger partial charge >= 0.3 is 0 Å². The van der Waals surface area contributed by atoms with E-state index in [4.69, 9.17) is 5.84 Å². The molecule has 0 aliphatic rings. The number of nitrogens with two attached hydrogens (primary N) is 1. The summed E-state index contributed by atoms with van der Waals surface area (Å²) in [5, 5.41) is 3.18. The van der Waals surface area contributed by atoms with Crippen LogP contribution in [-0.4, -0.2) is 4.98 Å². The molecule has 0 aliphatic heterocycles. The van der Waals surface area contributed by atoms with Crippen molar-refractivity contribution < 1.29 is 0 Å². The summed E-state index contributed by atoms with van der Waals surface area (Å²) in [6.45, 7) is 2.01. The van der Waals surface area contributed by atoms with Crippen LogP contribution in [0, 0.1) is 6.92 Å². The summed E-state index contributed by atoms with van der Waals surface area (Å²) in [5.74, 6) is 5.59. The molecular weight excluding hydrogens is 218 g/mol. The SMILES string of the molecule is Cc1csc(CC(NN)c2ccccc2)n1. The largest absolute Gasteiger partial charge is 0.271 e. The summed E-state index contributed by atoms with van der Waals surface area (Å²) in [5.41, 5.74) is 5.11. The van der Waals surface area contributed by atoms with Crippen molar-refractivity contribution in [2.45, 2.75) is 19.4 Å². The summed E-state index contributed by atoms with van der Waals surface area (Å²) in [6, 6.07) is 10.3. The quantitative estimate of drug-likeness (QED) is 0.629. The zero-order valence-corrected chi connectivity index (χ0v) is 10.00. The van der Waals surface area contributed by atoms with Gasteiger partial charge in [0.25, 0.3) is 0 Å². The van der Waals surface area contributed by atoms with Gasteiger partial charge < -0.3 is 0 Å². The van der Waals surface area contributed by atoms with Gasteiger partial charge in [-0.15, -0.1) is 11.3 Å². The molecule has 0 spiro atoms. The molecule has 1 atom stereocenters. The molecule has 0 radical (unpaired) electrons. The average molecular weight is 233 g/mol. The Morgan fingerprint density at radius 3 is 2.69 bits per heavy atom. The lowest BCUT2D eigenvalue weighted by Crippen LogP contribution is -2.29. The fraction of sp³-hybridized carbons (Fsp3) is 0.250. The van der Waals surface area contributed by atoms with Crippen LogP contribution in [-0.2, 0) is 6.42 Å². The van der Waals surface area contributed by atoms with Crippen LogP contribution >= 0.6 is 11.3 Å². The molecule has 0 amide bonds. The number of hydrogen-bond donors (Lipinski definition) is 2. The molecular formula is C12H15N3S. The number of nitrogens with one attached hydrogen (secondary N) is 1. The second kappa shape index (κ2) is 5.21. The Bertz CT molecular complexity index is 439. The molecule has 0 fully saturated rings. The summed E-state index contributed by atoms with van der Waals surface area (Å²) in [4.78, 5) is 4.45. The number of rotatable bonds is 4. The lowest BCUT2D eigenvalue weighted by atomic mass is 10.1. The lowest BCUT2D eigenvalue weighted by Gasteiger charge is -2.14. The smallest absolute Gasteiger partial charge is 0.0947 e. The Labute approximate surface area is 99.3 Å². The van der Waals surface area contributed by atoms with E-state index in [1.807, 2.05) is 25.1 Å². The standard InChI is InChI=1S/C12H15N3S/c1-9-8-16-12(14-9)7-11(15-13)10-5-3-2-4-6-10/h2-6,8,11,15H,7,13H2,1H3. The van der Waals surface area contributed by atoms with Crippen LogP contribution < -0.4 is 11.3 Å². The Morgan fingerprint density at radius 2 is 2.12 bits per heavy atom. The van der Waals surface area contributed by atoms with Crippen LogP contribution in [0.5, 0.6) is 0 Å². The number of aryl methyl sites for hydroxylation is 1. The van der Waals surface area contributed by atoms with Crippen molar-refractivity contribution in [3.63, 3.8) is 0 Å². The van der Waals surface area contributed by atoms with E-state index in [0.29, 0.717) is 0 Å². The Morgan fingerprint density at radius 1 is 1.38 bits per heavy atom. The van der Waals surface area contributed by atoms with Crippen molar-refractivity contribution in [1.82, 2.24) is 10.4 Å². The van der Waals surface area contributed by atoms with Gasteiger partial charge in [-0.05, 0) is 12.5 Å². The molecule has 2 aromatic rings. The van der Waals surface area contributed by atoms with Crippen LogP contribution in [0.25, 0.3) is 0 Å². The Balaban J connectivity index is 2.12. The molecule has 0 saturated heterocycles. The first-order chi connectivity index (χ1) is 7.79. The number of thiazole rings is 1. The lowest BCUT2D eigenvalue weighted by molar-refractivity contribution is 0.550. The second-order valence-electron chi connectivity index (χ2n) is 3.72. The highest BCUT2D eigenvalue weighted by Crippen LogP contribution is 2.19. The highest BCUT2D eigenvalue weighted by atomic mass is 32.1. The van der Waals surface area contributed by atoms with Crippen LogP contribution in [0.15, 0.2) is 35.7 Å². The predicted molar refractivity (Wildman–Crippen MR) is 67.1 cm³/mol. The Kier molecular flexibility index (Phi) is 3.66. The van der Waals surface area contributed by atoms with Crippen molar-refractivity contribution in [2.24, 2.45) is 5.84 Å². The molecule has 0 aliphatic carbocycles. The summed E-state index contributed by atoms with van der Waals surface area (Å²) in [7, 11) is 0. The Hall–Kier alpha value is -1.23. The van der Waals surface area contributed by atoms with Crippen molar-refractivity contribution in [1.29, 1.82) is 0 Å². The molecule has 3 nitrogen and oxygen atoms in total. The summed E-state index contributed by atoms with van der Waals surface area (Å²) < 4.78 is 0. The van der Waals surface area contributed by atoms with Gasteiger partial charge in [0.05, 0.1) is 11.0 Å². The van der Waals surface area contributed by atoms with Crippen molar-refractivity contribution in [3.05, 3.63) is 52.0 Å². The zero-order valence-electron chi connectivity index (χ0n) is 9.18. The van der Waals surface area contributed by atoms with Gasteiger partial charge in [0.2, 0.25) is 0 Å². The summed E-state index contributed by atoms with van der Waals surface area (Å²) in [6.07, 6.45) is 0.832. The molecule has 16 heavy (non-hydrogen) atoms. The van der Waals surface area contributed by atoms with Crippen molar-refractivity contribution in [3.8, 4) is 0 Å². The van der Waals surface area contributed by atoms with Crippen molar-refractivity contribution >= 4 is 11.3 Å². The average Bonchev–Trinajstić information content (AvgIpc) is 2.73. The summed E-state index contributed by atoms with van der Waals surface area (Å²) >= 11 is 1.68. The number of hydrazine groups is 1. The van der Waals surface area contributed by atoms with Gasteiger partial charge in [0, 0.05) is 17.5 Å². The number of hydrogen-bond acceptors (Lipinski definition) is 4. The van der Waals surface area contributed by atoms with Gasteiger partial charge in [0.1, 0.15) is 0 Å². The number of nitrogens with zero attached hydrogens (tertiary/aromatic N) is 1. The van der Waals surface area contributed by atoms with Crippen LogP contribution in [0.2, 0.25) is 0 Å². The molecule has 1 aromatic heterocycles. The first kappa shape index (κ1) is 11.3. The normalized spacial score (nSPS) is 12.6. The highest BCUT2D eigenvalue weighted by Gasteiger charge is 2.11. The highest BCUT2D eigenvalue weighted by molar-refractivity contribution is 7.09. The first-order valence-electron chi connectivity index (χ1n) is 5.21. The van der Waals surface area contributed by atoms with Gasteiger partial charge in [-0.2, -0.15) is 0 Å². The fourth-order valence-corrected chi connectivity index (χ4v) is 2.45. The minimum atomic E-state index is 0.131. The maximum Gasteiger partial charge on any atom is 0.0947 e. The van der Waals surface area contributed by atoms with Gasteiger partial charge in [0.15, 0.2) is 0 Å².